The van der Waals surface area contributed by atoms with E-state index in [0.717, 1.165) is 12.8 Å². The molecule has 4 nitrogen and oxygen atoms in total. The highest BCUT2D eigenvalue weighted by Gasteiger charge is 2.10. The number of nitrogens with zero attached hydrogens (tertiary/aromatic N) is 1. The van der Waals surface area contributed by atoms with Crippen molar-refractivity contribution >= 4 is 29.0 Å². The van der Waals surface area contributed by atoms with E-state index in [-0.39, 0.29) is 16.6 Å². The van der Waals surface area contributed by atoms with Crippen LogP contribution in [0.15, 0.2) is 11.1 Å². The number of aromatic nitrogens is 2. The van der Waals surface area contributed by atoms with E-state index < -0.39 is 0 Å². The van der Waals surface area contributed by atoms with E-state index in [4.69, 9.17) is 23.2 Å². The number of aromatic amines is 1. The molecule has 1 rings (SSSR count). The van der Waals surface area contributed by atoms with E-state index in [9.17, 15) is 4.79 Å². The molecule has 0 aliphatic carbocycles. The minimum atomic E-state index is -0.338. The smallest absolute Gasteiger partial charge is 0.271 e. The van der Waals surface area contributed by atoms with Gasteiger partial charge in [-0.3, -0.25) is 4.79 Å². The van der Waals surface area contributed by atoms with Gasteiger partial charge in [0, 0.05) is 11.9 Å². The zero-order chi connectivity index (χ0) is 11.3. The van der Waals surface area contributed by atoms with Crippen LogP contribution in [-0.4, -0.2) is 21.9 Å². The van der Waals surface area contributed by atoms with Crippen molar-refractivity contribution in [1.29, 1.82) is 0 Å². The first-order chi connectivity index (χ1) is 7.19. The molecule has 2 N–H and O–H groups in total. The van der Waals surface area contributed by atoms with Crippen LogP contribution in [0.4, 0.5) is 5.82 Å². The highest BCUT2D eigenvalue weighted by atomic mass is 35.5. The van der Waals surface area contributed by atoms with E-state index in [1.165, 1.54) is 6.33 Å². The van der Waals surface area contributed by atoms with Gasteiger partial charge in [0.05, 0.1) is 6.33 Å². The molecule has 84 valence electrons. The van der Waals surface area contributed by atoms with Crippen molar-refractivity contribution in [2.24, 2.45) is 0 Å². The van der Waals surface area contributed by atoms with E-state index in [2.05, 4.69) is 15.3 Å². The molecule has 1 heterocycles. The van der Waals surface area contributed by atoms with Crippen molar-refractivity contribution in [3.63, 3.8) is 0 Å². The summed E-state index contributed by atoms with van der Waals surface area (Å²) < 4.78 is 0. The predicted molar refractivity (Wildman–Crippen MR) is 62.9 cm³/mol. The lowest BCUT2D eigenvalue weighted by Gasteiger charge is -2.16. The number of nitrogens with one attached hydrogen (secondary N) is 2. The second-order valence-corrected chi connectivity index (χ2v) is 3.88. The van der Waals surface area contributed by atoms with Gasteiger partial charge in [-0.2, -0.15) is 0 Å². The summed E-state index contributed by atoms with van der Waals surface area (Å²) in [5, 5.41) is 3.18. The molecule has 1 aromatic rings. The molecule has 0 aromatic carbocycles. The van der Waals surface area contributed by atoms with Crippen LogP contribution in [0.3, 0.4) is 0 Å². The molecule has 15 heavy (non-hydrogen) atoms. The Bertz CT molecular complexity index is 367. The largest absolute Gasteiger partial charge is 0.366 e. The molecule has 0 spiro atoms. The number of alkyl halides is 1. The fourth-order valence-electron chi connectivity index (χ4n) is 1.19. The maximum Gasteiger partial charge on any atom is 0.271 e. The van der Waals surface area contributed by atoms with Crippen LogP contribution >= 0.6 is 23.2 Å². The summed E-state index contributed by atoms with van der Waals surface area (Å²) >= 11 is 11.4. The van der Waals surface area contributed by atoms with Gasteiger partial charge in [0.1, 0.15) is 5.02 Å². The Kier molecular flexibility index (Phi) is 4.91. The summed E-state index contributed by atoms with van der Waals surface area (Å²) in [6.07, 6.45) is 3.03. The van der Waals surface area contributed by atoms with Crippen LogP contribution in [0.25, 0.3) is 0 Å². The Labute approximate surface area is 98.0 Å². The number of halogens is 2. The van der Waals surface area contributed by atoms with Crippen molar-refractivity contribution in [3.05, 3.63) is 21.7 Å². The van der Waals surface area contributed by atoms with Gasteiger partial charge in [0.2, 0.25) is 0 Å². The maximum absolute atomic E-state index is 11.2. The lowest BCUT2D eigenvalue weighted by molar-refractivity contribution is 0.671. The van der Waals surface area contributed by atoms with Gasteiger partial charge in [-0.1, -0.05) is 18.5 Å². The lowest BCUT2D eigenvalue weighted by atomic mass is 10.2. The fourth-order valence-corrected chi connectivity index (χ4v) is 1.61. The molecule has 1 atom stereocenters. The van der Waals surface area contributed by atoms with Crippen LogP contribution in [0.2, 0.25) is 5.02 Å². The summed E-state index contributed by atoms with van der Waals surface area (Å²) in [5.41, 5.74) is -0.338. The number of hydrogen-bond donors (Lipinski definition) is 2. The van der Waals surface area contributed by atoms with Gasteiger partial charge in [-0.05, 0) is 12.8 Å². The maximum atomic E-state index is 11.2. The van der Waals surface area contributed by atoms with Crippen molar-refractivity contribution in [2.45, 2.75) is 25.8 Å². The monoisotopic (exact) mass is 249 g/mol. The van der Waals surface area contributed by atoms with Gasteiger partial charge in [-0.25, -0.2) is 4.98 Å². The van der Waals surface area contributed by atoms with E-state index >= 15 is 0 Å². The van der Waals surface area contributed by atoms with Gasteiger partial charge < -0.3 is 10.3 Å². The Hall–Kier alpha value is -0.740. The number of hydrogen-bond acceptors (Lipinski definition) is 3. The van der Waals surface area contributed by atoms with Crippen LogP contribution < -0.4 is 10.9 Å². The molecule has 0 bridgehead atoms. The zero-order valence-corrected chi connectivity index (χ0v) is 9.90. The molecule has 0 aliphatic heterocycles. The second kappa shape index (κ2) is 5.98. The second-order valence-electron chi connectivity index (χ2n) is 3.12. The molecule has 0 amide bonds. The van der Waals surface area contributed by atoms with Crippen LogP contribution in [0, 0.1) is 0 Å². The topological polar surface area (TPSA) is 57.8 Å². The standard InChI is InChI=1S/C9H13Cl2N3O/c1-2-6(3-4-10)14-8-7(11)9(15)13-5-12-8/h5-6H,2-4H2,1H3,(H2,12,13,14,15). The summed E-state index contributed by atoms with van der Waals surface area (Å²) in [4.78, 5) is 17.5. The third-order valence-electron chi connectivity index (χ3n) is 2.09. The molecule has 0 aliphatic rings. The van der Waals surface area contributed by atoms with Crippen LogP contribution in [-0.2, 0) is 0 Å². The SMILES string of the molecule is CCC(CCCl)Nc1nc[nH]c(=O)c1Cl. The van der Waals surface area contributed by atoms with Gasteiger partial charge in [0.15, 0.2) is 5.82 Å². The van der Waals surface area contributed by atoms with E-state index in [1.807, 2.05) is 6.92 Å². The van der Waals surface area contributed by atoms with Crippen molar-refractivity contribution in [3.8, 4) is 0 Å². The lowest BCUT2D eigenvalue weighted by Crippen LogP contribution is -2.22. The highest BCUT2D eigenvalue weighted by Crippen LogP contribution is 2.15. The molecule has 0 saturated carbocycles. The summed E-state index contributed by atoms with van der Waals surface area (Å²) in [6.45, 7) is 2.03. The third kappa shape index (κ3) is 3.39. The number of anilines is 1. The molecule has 1 aromatic heterocycles. The Balaban J connectivity index is 2.79. The molecule has 0 radical (unpaired) electrons. The van der Waals surface area contributed by atoms with E-state index in [1.54, 1.807) is 0 Å². The number of H-pyrrole nitrogens is 1. The van der Waals surface area contributed by atoms with Crippen molar-refractivity contribution < 1.29 is 0 Å². The van der Waals surface area contributed by atoms with Gasteiger partial charge >= 0.3 is 0 Å². The molecule has 0 fully saturated rings. The normalized spacial score (nSPS) is 12.5. The van der Waals surface area contributed by atoms with Crippen LogP contribution in [0.1, 0.15) is 19.8 Å². The zero-order valence-electron chi connectivity index (χ0n) is 8.39. The summed E-state index contributed by atoms with van der Waals surface area (Å²) in [6, 6.07) is 0.189. The quantitative estimate of drug-likeness (QED) is 0.788. The molecular weight excluding hydrogens is 237 g/mol. The predicted octanol–water partition coefficient (Wildman–Crippen LogP) is 2.24. The van der Waals surface area contributed by atoms with Gasteiger partial charge in [-0.15, -0.1) is 11.6 Å². The third-order valence-corrected chi connectivity index (χ3v) is 2.66. The van der Waals surface area contributed by atoms with Crippen molar-refractivity contribution in [2.75, 3.05) is 11.2 Å². The molecular formula is C9H13Cl2N3O. The first-order valence-corrected chi connectivity index (χ1v) is 5.66. The average Bonchev–Trinajstić information content (AvgIpc) is 2.24. The minimum Gasteiger partial charge on any atom is -0.366 e. The highest BCUT2D eigenvalue weighted by molar-refractivity contribution is 6.32. The molecule has 0 saturated heterocycles. The fraction of sp³-hybridized carbons (Fsp3) is 0.556. The van der Waals surface area contributed by atoms with Crippen LogP contribution in [0.5, 0.6) is 0 Å². The molecule has 1 unspecified atom stereocenters. The Morgan fingerprint density at radius 1 is 1.67 bits per heavy atom. The summed E-state index contributed by atoms with van der Waals surface area (Å²) in [5.74, 6) is 0.976. The Morgan fingerprint density at radius 2 is 2.40 bits per heavy atom. The van der Waals surface area contributed by atoms with Gasteiger partial charge in [0.25, 0.3) is 5.56 Å². The summed E-state index contributed by atoms with van der Waals surface area (Å²) in [7, 11) is 0. The van der Waals surface area contributed by atoms with E-state index in [0.29, 0.717) is 11.7 Å². The number of rotatable bonds is 5. The first-order valence-electron chi connectivity index (χ1n) is 4.74. The molecule has 6 heteroatoms. The Morgan fingerprint density at radius 3 is 3.00 bits per heavy atom. The average molecular weight is 250 g/mol. The first kappa shape index (κ1) is 12.3. The van der Waals surface area contributed by atoms with Crippen molar-refractivity contribution in [1.82, 2.24) is 9.97 Å². The minimum absolute atomic E-state index is 0.0884.